The Kier molecular flexibility index (Phi) is 13.2. The molecule has 0 saturated carbocycles. The number of nitrogens with zero attached hydrogens (tertiary/aromatic N) is 2. The van der Waals surface area contributed by atoms with E-state index in [1.165, 1.54) is 6.42 Å². The van der Waals surface area contributed by atoms with Gasteiger partial charge in [0.1, 0.15) is 0 Å². The highest BCUT2D eigenvalue weighted by molar-refractivity contribution is 5.74. The summed E-state index contributed by atoms with van der Waals surface area (Å²) in [5.41, 5.74) is 0. The smallest absolute Gasteiger partial charge is 0.287 e. The number of amidine groups is 1. The van der Waals surface area contributed by atoms with E-state index >= 15 is 0 Å². The standard InChI is InChI=1S/C14H24N2O2.C2H6/c1-17-13-9-5-8-12-16-11-7-4-3-6-10-15-14(16)18-2;1-2/h3-4,6-7H,5,8-13H2,1-2H3;1-2H3/b6-3-,7-4-,15-14?;. The van der Waals surface area contributed by atoms with Gasteiger partial charge in [0.2, 0.25) is 0 Å². The number of methoxy groups -OCH3 is 2. The summed E-state index contributed by atoms with van der Waals surface area (Å²) >= 11 is 0. The van der Waals surface area contributed by atoms with Crippen LogP contribution in [-0.2, 0) is 9.47 Å². The van der Waals surface area contributed by atoms with E-state index in [4.69, 9.17) is 9.47 Å². The molecule has 0 aromatic carbocycles. The van der Waals surface area contributed by atoms with Crippen LogP contribution in [0.4, 0.5) is 0 Å². The largest absolute Gasteiger partial charge is 0.468 e. The van der Waals surface area contributed by atoms with Crippen molar-refractivity contribution < 1.29 is 9.47 Å². The van der Waals surface area contributed by atoms with Gasteiger partial charge in [-0.05, 0) is 19.3 Å². The highest BCUT2D eigenvalue weighted by Gasteiger charge is 2.09. The summed E-state index contributed by atoms with van der Waals surface area (Å²) in [4.78, 5) is 6.60. The van der Waals surface area contributed by atoms with Crippen LogP contribution in [-0.4, -0.2) is 51.4 Å². The summed E-state index contributed by atoms with van der Waals surface area (Å²) in [6.07, 6.45) is 11.7. The molecule has 0 radical (unpaired) electrons. The van der Waals surface area contributed by atoms with Gasteiger partial charge in [-0.2, -0.15) is 0 Å². The Hall–Kier alpha value is -1.29. The number of hydrogen-bond acceptors (Lipinski definition) is 4. The van der Waals surface area contributed by atoms with Crippen molar-refractivity contribution in [3.63, 3.8) is 0 Å². The lowest BCUT2D eigenvalue weighted by Gasteiger charge is -2.23. The average molecular weight is 282 g/mol. The molecule has 0 atom stereocenters. The van der Waals surface area contributed by atoms with Crippen LogP contribution in [0.1, 0.15) is 33.1 Å². The first-order valence-electron chi connectivity index (χ1n) is 7.52. The summed E-state index contributed by atoms with van der Waals surface area (Å²) in [5.74, 6) is 0. The molecule has 0 aliphatic carbocycles. The van der Waals surface area contributed by atoms with E-state index in [1.54, 1.807) is 14.2 Å². The van der Waals surface area contributed by atoms with Crippen molar-refractivity contribution in [2.75, 3.05) is 40.5 Å². The van der Waals surface area contributed by atoms with E-state index in [0.29, 0.717) is 6.54 Å². The predicted molar refractivity (Wildman–Crippen MR) is 86.2 cm³/mol. The Morgan fingerprint density at radius 3 is 2.55 bits per heavy atom. The highest BCUT2D eigenvalue weighted by atomic mass is 16.5. The zero-order chi connectivity index (χ0) is 15.1. The molecule has 0 aromatic heterocycles. The molecule has 0 unspecified atom stereocenters. The van der Waals surface area contributed by atoms with Gasteiger partial charge in [0.25, 0.3) is 6.02 Å². The molecule has 4 nitrogen and oxygen atoms in total. The molecular formula is C16H30N2O2. The van der Waals surface area contributed by atoms with Crippen LogP contribution in [0.3, 0.4) is 0 Å². The summed E-state index contributed by atoms with van der Waals surface area (Å²) in [7, 11) is 3.43. The van der Waals surface area contributed by atoms with E-state index in [1.807, 2.05) is 26.0 Å². The normalized spacial score (nSPS) is 17.8. The quantitative estimate of drug-likeness (QED) is 0.701. The Bertz CT molecular complexity index is 299. The lowest BCUT2D eigenvalue weighted by molar-refractivity contribution is 0.190. The van der Waals surface area contributed by atoms with Gasteiger partial charge in [0.05, 0.1) is 13.7 Å². The molecule has 1 aliphatic rings. The Morgan fingerprint density at radius 2 is 1.85 bits per heavy atom. The molecule has 0 aromatic rings. The second-order valence-corrected chi connectivity index (χ2v) is 4.18. The molecule has 0 N–H and O–H groups in total. The van der Waals surface area contributed by atoms with Gasteiger partial charge >= 0.3 is 0 Å². The van der Waals surface area contributed by atoms with Gasteiger partial charge in [-0.15, -0.1) is 0 Å². The van der Waals surface area contributed by atoms with Crippen LogP contribution < -0.4 is 0 Å². The second-order valence-electron chi connectivity index (χ2n) is 4.18. The number of allylic oxidation sites excluding steroid dienone is 2. The van der Waals surface area contributed by atoms with E-state index in [9.17, 15) is 0 Å². The molecule has 1 rings (SSSR count). The second kappa shape index (κ2) is 14.1. The number of aliphatic imine (C=N–C) groups is 1. The molecule has 20 heavy (non-hydrogen) atoms. The van der Waals surface area contributed by atoms with Crippen molar-refractivity contribution in [1.82, 2.24) is 4.90 Å². The van der Waals surface area contributed by atoms with E-state index in [-0.39, 0.29) is 0 Å². The van der Waals surface area contributed by atoms with Gasteiger partial charge in [-0.1, -0.05) is 38.2 Å². The Balaban J connectivity index is 0.00000172. The maximum Gasteiger partial charge on any atom is 0.287 e. The van der Waals surface area contributed by atoms with Crippen LogP contribution in [0.15, 0.2) is 29.3 Å². The van der Waals surface area contributed by atoms with Crippen LogP contribution in [0.25, 0.3) is 0 Å². The molecule has 4 heteroatoms. The minimum atomic E-state index is 0.674. The third kappa shape index (κ3) is 8.75. The molecule has 1 aliphatic heterocycles. The van der Waals surface area contributed by atoms with E-state index in [2.05, 4.69) is 22.0 Å². The lowest BCUT2D eigenvalue weighted by Crippen LogP contribution is -2.33. The van der Waals surface area contributed by atoms with Crippen LogP contribution in [0, 0.1) is 0 Å². The average Bonchev–Trinajstić information content (AvgIpc) is 2.61. The maximum atomic E-state index is 5.36. The fourth-order valence-electron chi connectivity index (χ4n) is 1.82. The van der Waals surface area contributed by atoms with Gasteiger partial charge < -0.3 is 14.4 Å². The molecule has 0 fully saturated rings. The molecule has 0 bridgehead atoms. The van der Waals surface area contributed by atoms with Gasteiger partial charge in [0.15, 0.2) is 0 Å². The summed E-state index contributed by atoms with van der Waals surface area (Å²) in [6.45, 7) is 7.34. The topological polar surface area (TPSA) is 34.1 Å². The Labute approximate surface area is 124 Å². The third-order valence-electron chi connectivity index (χ3n) is 2.77. The minimum Gasteiger partial charge on any atom is -0.468 e. The predicted octanol–water partition coefficient (Wildman–Crippen LogP) is 3.26. The van der Waals surface area contributed by atoms with Crippen molar-refractivity contribution in [1.29, 1.82) is 0 Å². The number of ether oxygens (including phenoxy) is 2. The summed E-state index contributed by atoms with van der Waals surface area (Å²) < 4.78 is 10.4. The Morgan fingerprint density at radius 1 is 1.10 bits per heavy atom. The molecule has 0 saturated heterocycles. The van der Waals surface area contributed by atoms with Gasteiger partial charge in [-0.3, -0.25) is 0 Å². The SMILES string of the molecule is CC.COCCCCCN1C/C=C\C=C/CN=C1OC. The fourth-order valence-corrected chi connectivity index (χ4v) is 1.82. The molecule has 0 spiro atoms. The fraction of sp³-hybridized carbons (Fsp3) is 0.688. The zero-order valence-corrected chi connectivity index (χ0v) is 13.5. The maximum absolute atomic E-state index is 5.36. The molecule has 0 amide bonds. The van der Waals surface area contributed by atoms with Crippen molar-refractivity contribution in [3.8, 4) is 0 Å². The third-order valence-corrected chi connectivity index (χ3v) is 2.77. The van der Waals surface area contributed by atoms with E-state index < -0.39 is 0 Å². The van der Waals surface area contributed by atoms with Gasteiger partial charge in [0, 0.05) is 26.8 Å². The minimum absolute atomic E-state index is 0.674. The summed E-state index contributed by atoms with van der Waals surface area (Å²) in [5, 5.41) is 0. The van der Waals surface area contributed by atoms with Gasteiger partial charge in [-0.25, -0.2) is 4.99 Å². The molecule has 116 valence electrons. The molecule has 1 heterocycles. The number of hydrogen-bond donors (Lipinski definition) is 0. The number of rotatable bonds is 6. The first kappa shape index (κ1) is 18.7. The monoisotopic (exact) mass is 282 g/mol. The number of unbranched alkanes of at least 4 members (excludes halogenated alkanes) is 2. The zero-order valence-electron chi connectivity index (χ0n) is 13.5. The lowest BCUT2D eigenvalue weighted by atomic mass is 10.2. The summed E-state index contributed by atoms with van der Waals surface area (Å²) in [6, 6.07) is 0.734. The first-order chi connectivity index (χ1) is 9.88. The van der Waals surface area contributed by atoms with Crippen LogP contribution >= 0.6 is 0 Å². The van der Waals surface area contributed by atoms with E-state index in [0.717, 1.165) is 38.6 Å². The molecular weight excluding hydrogens is 252 g/mol. The van der Waals surface area contributed by atoms with Crippen LogP contribution in [0.2, 0.25) is 0 Å². The van der Waals surface area contributed by atoms with Crippen molar-refractivity contribution >= 4 is 6.02 Å². The van der Waals surface area contributed by atoms with Crippen molar-refractivity contribution in [3.05, 3.63) is 24.3 Å². The van der Waals surface area contributed by atoms with Crippen molar-refractivity contribution in [2.24, 2.45) is 4.99 Å². The van der Waals surface area contributed by atoms with Crippen molar-refractivity contribution in [2.45, 2.75) is 33.1 Å². The first-order valence-corrected chi connectivity index (χ1v) is 7.52. The van der Waals surface area contributed by atoms with Crippen LogP contribution in [0.5, 0.6) is 0 Å². The highest BCUT2D eigenvalue weighted by Crippen LogP contribution is 2.03.